The Morgan fingerprint density at radius 3 is 2.47 bits per heavy atom. The first-order chi connectivity index (χ1) is 14.4. The summed E-state index contributed by atoms with van der Waals surface area (Å²) >= 11 is 6.11. The highest BCUT2D eigenvalue weighted by atomic mass is 35.5. The van der Waals surface area contributed by atoms with Crippen LogP contribution in [0, 0.1) is 19.8 Å². The molecule has 4 rings (SSSR count). The Labute approximate surface area is 182 Å². The number of rotatable bonds is 3. The van der Waals surface area contributed by atoms with E-state index in [1.54, 1.807) is 0 Å². The van der Waals surface area contributed by atoms with Gasteiger partial charge in [0.1, 0.15) is 5.69 Å². The van der Waals surface area contributed by atoms with Crippen LogP contribution < -0.4 is 4.90 Å². The zero-order valence-electron chi connectivity index (χ0n) is 17.7. The molecule has 1 atom stereocenters. The van der Waals surface area contributed by atoms with Gasteiger partial charge in [0.05, 0.1) is 5.92 Å². The number of nitrogens with one attached hydrogen (secondary N) is 1. The number of halogens is 1. The van der Waals surface area contributed by atoms with Gasteiger partial charge in [-0.3, -0.25) is 9.59 Å². The van der Waals surface area contributed by atoms with Gasteiger partial charge in [-0.2, -0.15) is 0 Å². The van der Waals surface area contributed by atoms with Crippen molar-refractivity contribution in [2.24, 2.45) is 5.92 Å². The summed E-state index contributed by atoms with van der Waals surface area (Å²) in [4.78, 5) is 35.4. The molecule has 3 heterocycles. The van der Waals surface area contributed by atoms with Crippen molar-refractivity contribution in [2.45, 2.75) is 26.7 Å². The van der Waals surface area contributed by atoms with Crippen molar-refractivity contribution in [1.82, 2.24) is 14.8 Å². The molecule has 0 spiro atoms. The topological polar surface area (TPSA) is 59.7 Å². The average Bonchev–Trinajstić information content (AvgIpc) is 3.10. The molecule has 1 aromatic heterocycles. The number of carbonyl (C=O) groups excluding carboxylic acids is 2. The van der Waals surface area contributed by atoms with Crippen molar-refractivity contribution < 1.29 is 9.59 Å². The lowest BCUT2D eigenvalue weighted by molar-refractivity contribution is -0.137. The molecule has 2 fully saturated rings. The van der Waals surface area contributed by atoms with E-state index in [2.05, 4.69) is 16.0 Å². The average molecular weight is 429 g/mol. The first-order valence-corrected chi connectivity index (χ1v) is 11.0. The Balaban J connectivity index is 1.36. The molecular weight excluding hydrogens is 400 g/mol. The van der Waals surface area contributed by atoms with E-state index in [4.69, 9.17) is 11.6 Å². The summed E-state index contributed by atoms with van der Waals surface area (Å²) in [7, 11) is 0. The maximum atomic E-state index is 13.2. The molecule has 160 valence electrons. The number of carbonyl (C=O) groups is 2. The number of piperazine rings is 1. The number of aryl methyl sites for hydroxylation is 2. The van der Waals surface area contributed by atoms with Crippen LogP contribution in [0.1, 0.15) is 34.6 Å². The molecule has 6 nitrogen and oxygen atoms in total. The predicted molar refractivity (Wildman–Crippen MR) is 119 cm³/mol. The Bertz CT molecular complexity index is 933. The molecule has 2 amide bonds. The van der Waals surface area contributed by atoms with E-state index in [-0.39, 0.29) is 17.7 Å². The second kappa shape index (κ2) is 8.72. The van der Waals surface area contributed by atoms with E-state index < -0.39 is 0 Å². The molecule has 0 radical (unpaired) electrons. The summed E-state index contributed by atoms with van der Waals surface area (Å²) in [5.41, 5.74) is 3.69. The van der Waals surface area contributed by atoms with Gasteiger partial charge < -0.3 is 19.7 Å². The van der Waals surface area contributed by atoms with Gasteiger partial charge in [-0.25, -0.2) is 0 Å². The standard InChI is InChI=1S/C23H29ClN4O2/c1-16-13-17(2)25-21(16)23(30)28-8-4-5-18(15-28)22(29)27-11-9-26(10-12-27)20-7-3-6-19(24)14-20/h3,6-7,13-14,18,25H,4-5,8-12,15H2,1-2H3/t18-/m1/s1. The van der Waals surface area contributed by atoms with E-state index in [9.17, 15) is 9.59 Å². The molecule has 30 heavy (non-hydrogen) atoms. The molecule has 2 aliphatic rings. The predicted octanol–water partition coefficient (Wildman–Crippen LogP) is 3.49. The number of piperidine rings is 1. The Morgan fingerprint density at radius 1 is 1.03 bits per heavy atom. The maximum absolute atomic E-state index is 13.2. The number of hydrogen-bond donors (Lipinski definition) is 1. The van der Waals surface area contributed by atoms with Crippen LogP contribution in [0.4, 0.5) is 5.69 Å². The number of hydrogen-bond acceptors (Lipinski definition) is 3. The van der Waals surface area contributed by atoms with E-state index >= 15 is 0 Å². The summed E-state index contributed by atoms with van der Waals surface area (Å²) in [6.45, 7) is 8.10. The summed E-state index contributed by atoms with van der Waals surface area (Å²) in [5, 5.41) is 0.727. The minimum absolute atomic E-state index is 0.00359. The van der Waals surface area contributed by atoms with Gasteiger partial charge in [-0.05, 0) is 56.5 Å². The third kappa shape index (κ3) is 4.33. The first kappa shape index (κ1) is 20.8. The second-order valence-corrected chi connectivity index (χ2v) is 8.83. The van der Waals surface area contributed by atoms with Crippen molar-refractivity contribution in [3.63, 3.8) is 0 Å². The number of aromatic nitrogens is 1. The van der Waals surface area contributed by atoms with Gasteiger partial charge in [0.2, 0.25) is 5.91 Å². The number of amides is 2. The summed E-state index contributed by atoms with van der Waals surface area (Å²) in [6.07, 6.45) is 1.71. The molecule has 0 unspecified atom stereocenters. The summed E-state index contributed by atoms with van der Waals surface area (Å²) in [6, 6.07) is 9.83. The number of likely N-dealkylation sites (tertiary alicyclic amines) is 1. The van der Waals surface area contributed by atoms with E-state index in [0.717, 1.165) is 47.9 Å². The molecule has 1 aromatic carbocycles. The van der Waals surface area contributed by atoms with Gasteiger partial charge in [-0.1, -0.05) is 17.7 Å². The first-order valence-electron chi connectivity index (χ1n) is 10.7. The summed E-state index contributed by atoms with van der Waals surface area (Å²) < 4.78 is 0. The van der Waals surface area contributed by atoms with Gasteiger partial charge in [0, 0.05) is 55.7 Å². The lowest BCUT2D eigenvalue weighted by atomic mass is 9.95. The lowest BCUT2D eigenvalue weighted by Gasteiger charge is -2.39. The zero-order valence-corrected chi connectivity index (χ0v) is 18.4. The van der Waals surface area contributed by atoms with Crippen LogP contribution in [-0.4, -0.2) is 65.9 Å². The van der Waals surface area contributed by atoms with Crippen molar-refractivity contribution in [2.75, 3.05) is 44.2 Å². The zero-order chi connectivity index (χ0) is 21.3. The molecule has 2 aliphatic heterocycles. The van der Waals surface area contributed by atoms with Crippen molar-refractivity contribution >= 4 is 29.1 Å². The van der Waals surface area contributed by atoms with Gasteiger partial charge in [0.15, 0.2) is 0 Å². The maximum Gasteiger partial charge on any atom is 0.270 e. The van der Waals surface area contributed by atoms with Gasteiger partial charge >= 0.3 is 0 Å². The largest absolute Gasteiger partial charge is 0.368 e. The minimum atomic E-state index is -0.114. The monoisotopic (exact) mass is 428 g/mol. The van der Waals surface area contributed by atoms with Crippen LogP contribution in [0.25, 0.3) is 0 Å². The highest BCUT2D eigenvalue weighted by Crippen LogP contribution is 2.24. The fourth-order valence-electron chi connectivity index (χ4n) is 4.59. The molecule has 0 aliphatic carbocycles. The minimum Gasteiger partial charge on any atom is -0.368 e. The second-order valence-electron chi connectivity index (χ2n) is 8.39. The van der Waals surface area contributed by atoms with Crippen molar-refractivity contribution in [3.8, 4) is 0 Å². The van der Waals surface area contributed by atoms with E-state index in [1.165, 1.54) is 0 Å². The molecule has 2 aromatic rings. The van der Waals surface area contributed by atoms with Crippen LogP contribution in [0.5, 0.6) is 0 Å². The van der Waals surface area contributed by atoms with E-state index in [1.807, 2.05) is 47.9 Å². The highest BCUT2D eigenvalue weighted by Gasteiger charge is 2.33. The van der Waals surface area contributed by atoms with Crippen molar-refractivity contribution in [1.29, 1.82) is 0 Å². The number of benzene rings is 1. The van der Waals surface area contributed by atoms with Crippen LogP contribution in [-0.2, 0) is 4.79 Å². The van der Waals surface area contributed by atoms with Gasteiger partial charge in [0.25, 0.3) is 5.91 Å². The quantitative estimate of drug-likeness (QED) is 0.814. The Hall–Kier alpha value is -2.47. The molecule has 1 N–H and O–H groups in total. The van der Waals surface area contributed by atoms with Gasteiger partial charge in [-0.15, -0.1) is 0 Å². The Morgan fingerprint density at radius 2 is 1.80 bits per heavy atom. The number of nitrogens with zero attached hydrogens (tertiary/aromatic N) is 3. The van der Waals surface area contributed by atoms with Crippen molar-refractivity contribution in [3.05, 3.63) is 52.3 Å². The van der Waals surface area contributed by atoms with E-state index in [0.29, 0.717) is 31.9 Å². The smallest absolute Gasteiger partial charge is 0.270 e. The fourth-order valence-corrected chi connectivity index (χ4v) is 4.77. The van der Waals surface area contributed by atoms with Crippen LogP contribution in [0.2, 0.25) is 5.02 Å². The fraction of sp³-hybridized carbons (Fsp3) is 0.478. The van der Waals surface area contributed by atoms with Crippen LogP contribution in [0.3, 0.4) is 0 Å². The molecule has 2 saturated heterocycles. The Kier molecular flexibility index (Phi) is 6.04. The molecular formula is C23H29ClN4O2. The SMILES string of the molecule is Cc1cc(C)c(C(=O)N2CCC[C@@H](C(=O)N3CCN(c4cccc(Cl)c4)CC3)C2)[nH]1. The normalized spacial score (nSPS) is 19.8. The van der Waals surface area contributed by atoms with Crippen LogP contribution in [0.15, 0.2) is 30.3 Å². The third-order valence-corrected chi connectivity index (χ3v) is 6.42. The van der Waals surface area contributed by atoms with Crippen LogP contribution >= 0.6 is 11.6 Å². The number of H-pyrrole nitrogens is 1. The lowest BCUT2D eigenvalue weighted by Crippen LogP contribution is -2.53. The highest BCUT2D eigenvalue weighted by molar-refractivity contribution is 6.30. The third-order valence-electron chi connectivity index (χ3n) is 6.19. The summed E-state index contributed by atoms with van der Waals surface area (Å²) in [5.74, 6) is 0.0679. The number of aromatic amines is 1. The number of anilines is 1. The molecule has 7 heteroatoms. The molecule has 0 saturated carbocycles. The molecule has 0 bridgehead atoms.